The minimum Gasteiger partial charge on any atom is -0.395 e. The molecule has 0 atom stereocenters. The van der Waals surface area contributed by atoms with Gasteiger partial charge in [0.25, 0.3) is 5.91 Å². The van der Waals surface area contributed by atoms with Crippen LogP contribution in [0.25, 0.3) is 0 Å². The van der Waals surface area contributed by atoms with E-state index in [0.717, 1.165) is 19.1 Å². The zero-order chi connectivity index (χ0) is 11.6. The van der Waals surface area contributed by atoms with E-state index in [-0.39, 0.29) is 5.69 Å². The Balaban J connectivity index is 3.02. The zero-order valence-electron chi connectivity index (χ0n) is 7.80. The highest BCUT2D eigenvalue weighted by molar-refractivity contribution is 6.40. The predicted octanol–water partition coefficient (Wildman–Crippen LogP) is 1.07. The molecule has 0 saturated heterocycles. The van der Waals surface area contributed by atoms with Gasteiger partial charge in [0.2, 0.25) is 5.78 Å². The molecule has 0 spiro atoms. The van der Waals surface area contributed by atoms with E-state index in [1.165, 1.54) is 0 Å². The highest BCUT2D eigenvalue weighted by Gasteiger charge is 2.14. The van der Waals surface area contributed by atoms with E-state index in [9.17, 15) is 18.4 Å². The Labute approximate surface area is 84.1 Å². The molecule has 0 aliphatic rings. The van der Waals surface area contributed by atoms with Crippen molar-refractivity contribution in [2.24, 2.45) is 0 Å². The molecule has 0 aliphatic carbocycles. The number of amides is 1. The van der Waals surface area contributed by atoms with Crippen LogP contribution in [0.2, 0.25) is 0 Å². The Morgan fingerprint density at radius 1 is 1.33 bits per heavy atom. The summed E-state index contributed by atoms with van der Waals surface area (Å²) in [6.45, 7) is 1.05. The molecule has 3 N–H and O–H groups in total. The van der Waals surface area contributed by atoms with Gasteiger partial charge in [0, 0.05) is 6.92 Å². The van der Waals surface area contributed by atoms with E-state index in [1.54, 1.807) is 0 Å². The quantitative estimate of drug-likeness (QED) is 0.571. The largest absolute Gasteiger partial charge is 0.395 e. The van der Waals surface area contributed by atoms with Crippen LogP contribution in [0.15, 0.2) is 12.1 Å². The van der Waals surface area contributed by atoms with E-state index in [1.807, 2.05) is 0 Å². The van der Waals surface area contributed by atoms with Gasteiger partial charge in [-0.25, -0.2) is 8.78 Å². The molecule has 0 unspecified atom stereocenters. The number of nitrogen functional groups attached to an aromatic ring is 1. The molecule has 80 valence electrons. The molecule has 1 aromatic rings. The minimum atomic E-state index is -1.25. The monoisotopic (exact) mass is 214 g/mol. The average molecular weight is 214 g/mol. The van der Waals surface area contributed by atoms with Gasteiger partial charge in [-0.2, -0.15) is 0 Å². The van der Waals surface area contributed by atoms with Gasteiger partial charge in [0.05, 0.1) is 11.4 Å². The highest BCUT2D eigenvalue weighted by atomic mass is 19.2. The van der Waals surface area contributed by atoms with Gasteiger partial charge >= 0.3 is 0 Å². The normalized spacial score (nSPS) is 9.80. The number of halogens is 2. The molecule has 0 heterocycles. The molecule has 1 rings (SSSR count). The van der Waals surface area contributed by atoms with E-state index in [4.69, 9.17) is 5.73 Å². The third-order valence-electron chi connectivity index (χ3n) is 1.70. The molecular weight excluding hydrogens is 206 g/mol. The summed E-state index contributed by atoms with van der Waals surface area (Å²) in [4.78, 5) is 21.5. The average Bonchev–Trinajstić information content (AvgIpc) is 2.18. The predicted molar refractivity (Wildman–Crippen MR) is 50.1 cm³/mol. The fraction of sp³-hybridized carbons (Fsp3) is 0.111. The summed E-state index contributed by atoms with van der Waals surface area (Å²) >= 11 is 0. The first-order valence-electron chi connectivity index (χ1n) is 3.99. The lowest BCUT2D eigenvalue weighted by Gasteiger charge is -2.07. The summed E-state index contributed by atoms with van der Waals surface area (Å²) in [5, 5.41) is 2.06. The lowest BCUT2D eigenvalue weighted by molar-refractivity contribution is -0.133. The number of rotatable bonds is 2. The van der Waals surface area contributed by atoms with Crippen molar-refractivity contribution in [3.05, 3.63) is 23.8 Å². The van der Waals surface area contributed by atoms with Gasteiger partial charge in [-0.1, -0.05) is 0 Å². The number of carbonyl (C=O) groups is 2. The molecule has 1 aromatic carbocycles. The molecule has 0 aliphatic heterocycles. The van der Waals surface area contributed by atoms with Gasteiger partial charge in [0.15, 0.2) is 11.6 Å². The van der Waals surface area contributed by atoms with Crippen LogP contribution in [0.4, 0.5) is 20.2 Å². The third kappa shape index (κ3) is 2.28. The summed E-state index contributed by atoms with van der Waals surface area (Å²) in [7, 11) is 0. The van der Waals surface area contributed by atoms with Gasteiger partial charge in [-0.15, -0.1) is 0 Å². The smallest absolute Gasteiger partial charge is 0.291 e. The number of nitrogens with one attached hydrogen (secondary N) is 1. The molecule has 0 fully saturated rings. The molecule has 0 aromatic heterocycles. The molecule has 6 heteroatoms. The zero-order valence-corrected chi connectivity index (χ0v) is 7.80. The molecule has 0 radical (unpaired) electrons. The maximum atomic E-state index is 12.9. The lowest BCUT2D eigenvalue weighted by atomic mass is 10.2. The SMILES string of the molecule is CC(=O)C(=O)Nc1ccc(F)c(F)c1N. The Hall–Kier alpha value is -1.98. The van der Waals surface area contributed by atoms with Crippen LogP contribution >= 0.6 is 0 Å². The third-order valence-corrected chi connectivity index (χ3v) is 1.70. The Morgan fingerprint density at radius 3 is 2.47 bits per heavy atom. The van der Waals surface area contributed by atoms with Crippen molar-refractivity contribution in [1.82, 2.24) is 0 Å². The van der Waals surface area contributed by atoms with Crippen LogP contribution in [-0.2, 0) is 9.59 Å². The van der Waals surface area contributed by atoms with Crippen LogP contribution in [-0.4, -0.2) is 11.7 Å². The van der Waals surface area contributed by atoms with Crippen LogP contribution in [0.1, 0.15) is 6.92 Å². The summed E-state index contributed by atoms with van der Waals surface area (Å²) in [6, 6.07) is 1.88. The van der Waals surface area contributed by atoms with E-state index >= 15 is 0 Å². The van der Waals surface area contributed by atoms with Crippen LogP contribution < -0.4 is 11.1 Å². The number of carbonyl (C=O) groups excluding carboxylic acids is 2. The number of hydrogen-bond donors (Lipinski definition) is 2. The van der Waals surface area contributed by atoms with Crippen LogP contribution in [0.3, 0.4) is 0 Å². The molecule has 0 saturated carbocycles. The first-order valence-corrected chi connectivity index (χ1v) is 3.99. The Bertz CT molecular complexity index is 432. The summed E-state index contributed by atoms with van der Waals surface area (Å²) < 4.78 is 25.5. The Morgan fingerprint density at radius 2 is 1.93 bits per heavy atom. The molecule has 0 bridgehead atoms. The number of ketones is 1. The first-order chi connectivity index (χ1) is 6.93. The fourth-order valence-corrected chi connectivity index (χ4v) is 0.886. The number of anilines is 2. The first kappa shape index (κ1) is 11.1. The van der Waals surface area contributed by atoms with Crippen molar-refractivity contribution in [2.45, 2.75) is 6.92 Å². The maximum Gasteiger partial charge on any atom is 0.291 e. The number of hydrogen-bond acceptors (Lipinski definition) is 3. The lowest BCUT2D eigenvalue weighted by Crippen LogP contribution is -2.20. The maximum absolute atomic E-state index is 12.9. The van der Waals surface area contributed by atoms with Crippen molar-refractivity contribution < 1.29 is 18.4 Å². The van der Waals surface area contributed by atoms with E-state index in [0.29, 0.717) is 0 Å². The Kier molecular flexibility index (Phi) is 2.99. The highest BCUT2D eigenvalue weighted by Crippen LogP contribution is 2.23. The second-order valence-corrected chi connectivity index (χ2v) is 2.83. The van der Waals surface area contributed by atoms with E-state index < -0.39 is 29.0 Å². The molecular formula is C9H8F2N2O2. The summed E-state index contributed by atoms with van der Waals surface area (Å²) in [5.74, 6) is -4.06. The number of Topliss-reactive ketones (excluding diaryl/α,β-unsaturated/α-hetero) is 1. The molecule has 15 heavy (non-hydrogen) atoms. The minimum absolute atomic E-state index is 0.130. The van der Waals surface area contributed by atoms with Crippen LogP contribution in [0.5, 0.6) is 0 Å². The van der Waals surface area contributed by atoms with Crippen molar-refractivity contribution in [3.8, 4) is 0 Å². The standard InChI is InChI=1S/C9H8F2N2O2/c1-4(14)9(15)13-6-3-2-5(10)7(11)8(6)12/h2-3H,12H2,1H3,(H,13,15). The molecule has 4 nitrogen and oxygen atoms in total. The second-order valence-electron chi connectivity index (χ2n) is 2.83. The summed E-state index contributed by atoms with van der Waals surface area (Å²) in [5.41, 5.74) is 4.52. The summed E-state index contributed by atoms with van der Waals surface area (Å²) in [6.07, 6.45) is 0. The van der Waals surface area contributed by atoms with Gasteiger partial charge < -0.3 is 11.1 Å². The second kappa shape index (κ2) is 4.04. The van der Waals surface area contributed by atoms with Crippen molar-refractivity contribution >= 4 is 23.1 Å². The van der Waals surface area contributed by atoms with Gasteiger partial charge in [-0.3, -0.25) is 9.59 Å². The van der Waals surface area contributed by atoms with Crippen molar-refractivity contribution in [3.63, 3.8) is 0 Å². The number of nitrogens with two attached hydrogens (primary N) is 1. The van der Waals surface area contributed by atoms with Gasteiger partial charge in [0.1, 0.15) is 0 Å². The van der Waals surface area contributed by atoms with Crippen LogP contribution in [0, 0.1) is 11.6 Å². The number of benzene rings is 1. The van der Waals surface area contributed by atoms with E-state index in [2.05, 4.69) is 5.32 Å². The van der Waals surface area contributed by atoms with Crippen molar-refractivity contribution in [2.75, 3.05) is 11.1 Å². The molecule has 1 amide bonds. The van der Waals surface area contributed by atoms with Gasteiger partial charge in [-0.05, 0) is 12.1 Å². The van der Waals surface area contributed by atoms with Crippen molar-refractivity contribution in [1.29, 1.82) is 0 Å². The topological polar surface area (TPSA) is 72.2 Å². The fourth-order valence-electron chi connectivity index (χ4n) is 0.886.